The molecule has 2 heterocycles. The summed E-state index contributed by atoms with van der Waals surface area (Å²) in [4.78, 5) is 27.7. The molecular formula is C18H22F3N3O2. The number of hydrogen-bond donors (Lipinski definition) is 1. The summed E-state index contributed by atoms with van der Waals surface area (Å²) in [6, 6.07) is 3.35. The predicted octanol–water partition coefficient (Wildman–Crippen LogP) is 2.65. The molecule has 26 heavy (non-hydrogen) atoms. The van der Waals surface area contributed by atoms with Gasteiger partial charge >= 0.3 is 6.18 Å². The molecule has 8 heteroatoms. The average molecular weight is 369 g/mol. The Morgan fingerprint density at radius 3 is 2.35 bits per heavy atom. The Labute approximate surface area is 150 Å². The maximum absolute atomic E-state index is 13.3. The van der Waals surface area contributed by atoms with E-state index in [0.29, 0.717) is 32.5 Å². The Balaban J connectivity index is 1.97. The van der Waals surface area contributed by atoms with Crippen LogP contribution in [0.1, 0.15) is 42.6 Å². The number of piperazine rings is 1. The standard InChI is InChI=1S/C18H22F3N3O2/c1-11-9-23(10-12(2)22-11)17(26)13-6-14(18(19,20)21)8-15(7-13)24-5-3-4-16(24)25/h6-8,11-12,22H,3-5,9-10H2,1-2H3/t11-,12-/m1/s1. The van der Waals surface area contributed by atoms with Crippen LogP contribution in [0.4, 0.5) is 18.9 Å². The van der Waals surface area contributed by atoms with Crippen molar-refractivity contribution >= 4 is 17.5 Å². The van der Waals surface area contributed by atoms with E-state index in [4.69, 9.17) is 0 Å². The van der Waals surface area contributed by atoms with Crippen molar-refractivity contribution in [2.45, 2.75) is 44.9 Å². The summed E-state index contributed by atoms with van der Waals surface area (Å²) in [6.45, 7) is 5.08. The number of amides is 2. The van der Waals surface area contributed by atoms with Gasteiger partial charge in [0.2, 0.25) is 5.91 Å². The number of halogens is 3. The second kappa shape index (κ2) is 6.90. The van der Waals surface area contributed by atoms with Crippen LogP contribution in [-0.2, 0) is 11.0 Å². The van der Waals surface area contributed by atoms with Gasteiger partial charge < -0.3 is 15.1 Å². The number of nitrogens with zero attached hydrogens (tertiary/aromatic N) is 2. The van der Waals surface area contributed by atoms with Crippen LogP contribution >= 0.6 is 0 Å². The molecule has 2 amide bonds. The number of carbonyl (C=O) groups is 2. The molecule has 2 aliphatic rings. The van der Waals surface area contributed by atoms with E-state index in [9.17, 15) is 22.8 Å². The molecule has 0 radical (unpaired) electrons. The number of alkyl halides is 3. The average Bonchev–Trinajstić information content (AvgIpc) is 2.98. The molecule has 2 aliphatic heterocycles. The SMILES string of the molecule is C[C@@H]1CN(C(=O)c2cc(N3CCCC3=O)cc(C(F)(F)F)c2)C[C@@H](C)N1. The van der Waals surface area contributed by atoms with Crippen molar-refractivity contribution in [3.8, 4) is 0 Å². The highest BCUT2D eigenvalue weighted by molar-refractivity contribution is 5.99. The van der Waals surface area contributed by atoms with Gasteiger partial charge in [-0.3, -0.25) is 9.59 Å². The summed E-state index contributed by atoms with van der Waals surface area (Å²) in [7, 11) is 0. The highest BCUT2D eigenvalue weighted by Gasteiger charge is 2.34. The molecule has 2 saturated heterocycles. The van der Waals surface area contributed by atoms with Crippen LogP contribution in [-0.4, -0.2) is 48.4 Å². The third-order valence-electron chi connectivity index (χ3n) is 4.72. The Kier molecular flexibility index (Phi) is 4.96. The second-order valence-electron chi connectivity index (χ2n) is 7.09. The minimum Gasteiger partial charge on any atom is -0.336 e. The quantitative estimate of drug-likeness (QED) is 0.872. The molecule has 1 aromatic rings. The first-order valence-corrected chi connectivity index (χ1v) is 8.73. The number of anilines is 1. The van der Waals surface area contributed by atoms with Crippen LogP contribution < -0.4 is 10.2 Å². The van der Waals surface area contributed by atoms with Gasteiger partial charge in [0, 0.05) is 49.4 Å². The number of rotatable bonds is 2. The molecule has 1 N–H and O–H groups in total. The van der Waals surface area contributed by atoms with Gasteiger partial charge in [0.25, 0.3) is 5.91 Å². The van der Waals surface area contributed by atoms with Gasteiger partial charge in [-0.15, -0.1) is 0 Å². The molecule has 0 saturated carbocycles. The van der Waals surface area contributed by atoms with E-state index in [2.05, 4.69) is 5.32 Å². The van der Waals surface area contributed by atoms with Crippen LogP contribution in [0.5, 0.6) is 0 Å². The van der Waals surface area contributed by atoms with Crippen molar-refractivity contribution in [3.05, 3.63) is 29.3 Å². The zero-order chi connectivity index (χ0) is 19.1. The van der Waals surface area contributed by atoms with E-state index >= 15 is 0 Å². The van der Waals surface area contributed by atoms with Gasteiger partial charge in [-0.05, 0) is 38.5 Å². The first-order valence-electron chi connectivity index (χ1n) is 8.73. The van der Waals surface area contributed by atoms with Crippen LogP contribution in [0.15, 0.2) is 18.2 Å². The minimum atomic E-state index is -4.59. The fourth-order valence-corrected chi connectivity index (χ4v) is 3.65. The van der Waals surface area contributed by atoms with Crippen molar-refractivity contribution < 1.29 is 22.8 Å². The summed E-state index contributed by atoms with van der Waals surface area (Å²) in [6.07, 6.45) is -3.67. The zero-order valence-electron chi connectivity index (χ0n) is 14.8. The molecule has 0 bridgehead atoms. The molecule has 0 aliphatic carbocycles. The summed E-state index contributed by atoms with van der Waals surface area (Å²) in [5.74, 6) is -0.656. The molecule has 2 fully saturated rings. The fourth-order valence-electron chi connectivity index (χ4n) is 3.65. The van der Waals surface area contributed by atoms with Crippen molar-refractivity contribution in [2.75, 3.05) is 24.5 Å². The Morgan fingerprint density at radius 1 is 1.15 bits per heavy atom. The lowest BCUT2D eigenvalue weighted by Crippen LogP contribution is -2.55. The van der Waals surface area contributed by atoms with Gasteiger partial charge in [-0.25, -0.2) is 0 Å². The lowest BCUT2D eigenvalue weighted by molar-refractivity contribution is -0.137. The van der Waals surface area contributed by atoms with Crippen LogP contribution in [0.2, 0.25) is 0 Å². The Morgan fingerprint density at radius 2 is 1.81 bits per heavy atom. The number of nitrogens with one attached hydrogen (secondary N) is 1. The third-order valence-corrected chi connectivity index (χ3v) is 4.72. The maximum atomic E-state index is 13.3. The van der Waals surface area contributed by atoms with E-state index < -0.39 is 17.6 Å². The van der Waals surface area contributed by atoms with E-state index in [0.717, 1.165) is 12.1 Å². The third kappa shape index (κ3) is 3.85. The van der Waals surface area contributed by atoms with Crippen LogP contribution in [0, 0.1) is 0 Å². The van der Waals surface area contributed by atoms with Gasteiger partial charge in [0.1, 0.15) is 0 Å². The van der Waals surface area contributed by atoms with E-state index in [-0.39, 0.29) is 29.2 Å². The number of hydrogen-bond acceptors (Lipinski definition) is 3. The van der Waals surface area contributed by atoms with Crippen molar-refractivity contribution in [3.63, 3.8) is 0 Å². The van der Waals surface area contributed by atoms with Crippen LogP contribution in [0.3, 0.4) is 0 Å². The smallest absolute Gasteiger partial charge is 0.336 e. The van der Waals surface area contributed by atoms with Gasteiger partial charge in [0.05, 0.1) is 5.56 Å². The monoisotopic (exact) mass is 369 g/mol. The molecule has 0 unspecified atom stereocenters. The van der Waals surface area contributed by atoms with Gasteiger partial charge in [0.15, 0.2) is 0 Å². The Bertz CT molecular complexity index is 710. The van der Waals surface area contributed by atoms with E-state index in [1.807, 2.05) is 13.8 Å². The normalized spacial score (nSPS) is 24.3. The molecular weight excluding hydrogens is 347 g/mol. The van der Waals surface area contributed by atoms with E-state index in [1.54, 1.807) is 4.90 Å². The maximum Gasteiger partial charge on any atom is 0.416 e. The fraction of sp³-hybridized carbons (Fsp3) is 0.556. The van der Waals surface area contributed by atoms with E-state index in [1.165, 1.54) is 11.0 Å². The summed E-state index contributed by atoms with van der Waals surface area (Å²) in [5, 5.41) is 3.29. The lowest BCUT2D eigenvalue weighted by Gasteiger charge is -2.36. The largest absolute Gasteiger partial charge is 0.416 e. The molecule has 1 aromatic carbocycles. The topological polar surface area (TPSA) is 52.7 Å². The van der Waals surface area contributed by atoms with Crippen LogP contribution in [0.25, 0.3) is 0 Å². The second-order valence-corrected chi connectivity index (χ2v) is 7.09. The summed E-state index contributed by atoms with van der Waals surface area (Å²) < 4.78 is 40.0. The van der Waals surface area contributed by atoms with Crippen molar-refractivity contribution in [2.24, 2.45) is 0 Å². The molecule has 3 rings (SSSR count). The first kappa shape index (κ1) is 18.7. The van der Waals surface area contributed by atoms with Gasteiger partial charge in [-0.1, -0.05) is 0 Å². The van der Waals surface area contributed by atoms with Gasteiger partial charge in [-0.2, -0.15) is 13.2 Å². The molecule has 2 atom stereocenters. The predicted molar refractivity (Wildman–Crippen MR) is 91.0 cm³/mol. The summed E-state index contributed by atoms with van der Waals surface area (Å²) in [5.41, 5.74) is -0.799. The number of benzene rings is 1. The molecule has 0 spiro atoms. The molecule has 142 valence electrons. The lowest BCUT2D eigenvalue weighted by atomic mass is 10.0. The zero-order valence-corrected chi connectivity index (χ0v) is 14.8. The highest BCUT2D eigenvalue weighted by Crippen LogP contribution is 2.34. The molecule has 5 nitrogen and oxygen atoms in total. The minimum absolute atomic E-state index is 0.0316. The Hall–Kier alpha value is -2.09. The first-order chi connectivity index (χ1) is 12.1. The summed E-state index contributed by atoms with van der Waals surface area (Å²) >= 11 is 0. The molecule has 0 aromatic heterocycles. The van der Waals surface area contributed by atoms with Crippen molar-refractivity contribution in [1.29, 1.82) is 0 Å². The number of carbonyl (C=O) groups excluding carboxylic acids is 2. The van der Waals surface area contributed by atoms with Crippen molar-refractivity contribution in [1.82, 2.24) is 10.2 Å². The highest BCUT2D eigenvalue weighted by atomic mass is 19.4.